The molecular formula is C13H6BrClF2N2. The van der Waals surface area contributed by atoms with Crippen LogP contribution in [-0.2, 0) is 0 Å². The minimum absolute atomic E-state index is 0.0300. The van der Waals surface area contributed by atoms with Crippen LogP contribution in [-0.4, -0.2) is 0 Å². The zero-order valence-electron chi connectivity index (χ0n) is 9.35. The largest absolute Gasteiger partial charge is 0.351 e. The summed E-state index contributed by atoms with van der Waals surface area (Å²) in [6.45, 7) is 0. The molecule has 2 nitrogen and oxygen atoms in total. The van der Waals surface area contributed by atoms with Crippen molar-refractivity contribution in [2.45, 2.75) is 0 Å². The lowest BCUT2D eigenvalue weighted by atomic mass is 10.2. The molecule has 0 aliphatic heterocycles. The third-order valence-electron chi connectivity index (χ3n) is 2.40. The minimum atomic E-state index is -0.668. The van der Waals surface area contributed by atoms with Crippen molar-refractivity contribution in [2.24, 2.45) is 0 Å². The van der Waals surface area contributed by atoms with Gasteiger partial charge in [-0.15, -0.1) is 0 Å². The standard InChI is InChI=1S/C13H6BrClF2N2/c14-12-7(6-18)1-4-10(13(12)17)19-11-5-8(15)2-3-9(11)16/h1-5,19H. The Morgan fingerprint density at radius 3 is 2.58 bits per heavy atom. The maximum atomic E-state index is 14.0. The molecule has 0 saturated carbocycles. The Hall–Kier alpha value is -1.64. The average molecular weight is 344 g/mol. The molecular weight excluding hydrogens is 338 g/mol. The van der Waals surface area contributed by atoms with E-state index in [1.54, 1.807) is 0 Å². The Balaban J connectivity index is 2.42. The number of benzene rings is 2. The van der Waals surface area contributed by atoms with E-state index in [1.165, 1.54) is 30.3 Å². The molecule has 0 fully saturated rings. The molecule has 0 spiro atoms. The van der Waals surface area contributed by atoms with Gasteiger partial charge in [-0.1, -0.05) is 11.6 Å². The lowest BCUT2D eigenvalue weighted by Gasteiger charge is -2.10. The molecule has 6 heteroatoms. The van der Waals surface area contributed by atoms with E-state index in [-0.39, 0.29) is 21.4 Å². The summed E-state index contributed by atoms with van der Waals surface area (Å²) in [6.07, 6.45) is 0. The molecule has 0 amide bonds. The Kier molecular flexibility index (Phi) is 4.03. The summed E-state index contributed by atoms with van der Waals surface area (Å²) < 4.78 is 27.5. The topological polar surface area (TPSA) is 35.8 Å². The van der Waals surface area contributed by atoms with Crippen molar-refractivity contribution in [1.29, 1.82) is 5.26 Å². The van der Waals surface area contributed by atoms with Crippen LogP contribution in [0.1, 0.15) is 5.56 Å². The summed E-state index contributed by atoms with van der Waals surface area (Å²) in [5, 5.41) is 11.7. The molecule has 0 radical (unpaired) electrons. The van der Waals surface area contributed by atoms with Crippen molar-refractivity contribution in [2.75, 3.05) is 5.32 Å². The number of rotatable bonds is 2. The van der Waals surface area contributed by atoms with E-state index in [0.717, 1.165) is 0 Å². The van der Waals surface area contributed by atoms with Gasteiger partial charge in [0.05, 0.1) is 21.4 Å². The fourth-order valence-electron chi connectivity index (χ4n) is 1.47. The number of anilines is 2. The van der Waals surface area contributed by atoms with Crippen molar-refractivity contribution < 1.29 is 8.78 Å². The van der Waals surface area contributed by atoms with Gasteiger partial charge in [-0.05, 0) is 46.3 Å². The third kappa shape index (κ3) is 2.86. The number of nitriles is 1. The van der Waals surface area contributed by atoms with Crippen LogP contribution in [0.15, 0.2) is 34.8 Å². The van der Waals surface area contributed by atoms with Gasteiger partial charge >= 0.3 is 0 Å². The van der Waals surface area contributed by atoms with Gasteiger partial charge in [0.15, 0.2) is 5.82 Å². The molecule has 0 atom stereocenters. The first kappa shape index (κ1) is 13.8. The normalized spacial score (nSPS) is 10.1. The fraction of sp³-hybridized carbons (Fsp3) is 0. The second-order valence-electron chi connectivity index (χ2n) is 3.65. The van der Waals surface area contributed by atoms with Crippen molar-refractivity contribution in [3.05, 3.63) is 57.0 Å². The summed E-state index contributed by atoms with van der Waals surface area (Å²) in [4.78, 5) is 0. The summed E-state index contributed by atoms with van der Waals surface area (Å²) in [6, 6.07) is 8.55. The van der Waals surface area contributed by atoms with Crippen LogP contribution < -0.4 is 5.32 Å². The van der Waals surface area contributed by atoms with E-state index in [0.29, 0.717) is 5.02 Å². The highest BCUT2D eigenvalue weighted by atomic mass is 79.9. The van der Waals surface area contributed by atoms with Gasteiger partial charge in [0, 0.05) is 5.02 Å². The highest BCUT2D eigenvalue weighted by Gasteiger charge is 2.12. The zero-order chi connectivity index (χ0) is 14.0. The van der Waals surface area contributed by atoms with E-state index in [2.05, 4.69) is 21.2 Å². The molecule has 0 aliphatic rings. The summed E-state index contributed by atoms with van der Waals surface area (Å²) in [5.74, 6) is -1.22. The van der Waals surface area contributed by atoms with Crippen LogP contribution >= 0.6 is 27.5 Å². The van der Waals surface area contributed by atoms with Crippen molar-refractivity contribution in [1.82, 2.24) is 0 Å². The van der Waals surface area contributed by atoms with Crippen LogP contribution in [0.4, 0.5) is 20.2 Å². The van der Waals surface area contributed by atoms with E-state index < -0.39 is 11.6 Å². The molecule has 0 aliphatic carbocycles. The van der Waals surface area contributed by atoms with Crippen LogP contribution in [0.25, 0.3) is 0 Å². The number of hydrogen-bond donors (Lipinski definition) is 1. The van der Waals surface area contributed by atoms with Gasteiger partial charge in [-0.2, -0.15) is 5.26 Å². The molecule has 0 heterocycles. The first-order valence-electron chi connectivity index (χ1n) is 5.13. The van der Waals surface area contributed by atoms with Gasteiger partial charge in [0.25, 0.3) is 0 Å². The first-order valence-corrected chi connectivity index (χ1v) is 6.30. The fourth-order valence-corrected chi connectivity index (χ4v) is 2.08. The third-order valence-corrected chi connectivity index (χ3v) is 3.41. The number of nitrogens with zero attached hydrogens (tertiary/aromatic N) is 1. The smallest absolute Gasteiger partial charge is 0.162 e. The predicted molar refractivity (Wildman–Crippen MR) is 73.5 cm³/mol. The molecule has 0 bridgehead atoms. The molecule has 96 valence electrons. The van der Waals surface area contributed by atoms with Crippen LogP contribution in [0.3, 0.4) is 0 Å². The summed E-state index contributed by atoms with van der Waals surface area (Å²) in [7, 11) is 0. The maximum Gasteiger partial charge on any atom is 0.162 e. The highest BCUT2D eigenvalue weighted by molar-refractivity contribution is 9.10. The molecule has 0 aromatic heterocycles. The average Bonchev–Trinajstić information content (AvgIpc) is 2.39. The Bertz CT molecular complexity index is 683. The van der Waals surface area contributed by atoms with Gasteiger partial charge in [-0.3, -0.25) is 0 Å². The van der Waals surface area contributed by atoms with Gasteiger partial charge in [-0.25, -0.2) is 8.78 Å². The van der Waals surface area contributed by atoms with Crippen LogP contribution in [0.5, 0.6) is 0 Å². The Labute approximate surface area is 121 Å². The number of hydrogen-bond acceptors (Lipinski definition) is 2. The summed E-state index contributed by atoms with van der Waals surface area (Å²) in [5.41, 5.74) is 0.268. The molecule has 2 aromatic rings. The summed E-state index contributed by atoms with van der Waals surface area (Å²) >= 11 is 8.73. The van der Waals surface area contributed by atoms with E-state index >= 15 is 0 Å². The van der Waals surface area contributed by atoms with E-state index in [9.17, 15) is 8.78 Å². The lowest BCUT2D eigenvalue weighted by Crippen LogP contribution is -1.98. The molecule has 1 N–H and O–H groups in total. The Morgan fingerprint density at radius 1 is 1.16 bits per heavy atom. The zero-order valence-corrected chi connectivity index (χ0v) is 11.7. The Morgan fingerprint density at radius 2 is 1.89 bits per heavy atom. The second-order valence-corrected chi connectivity index (χ2v) is 4.88. The molecule has 19 heavy (non-hydrogen) atoms. The van der Waals surface area contributed by atoms with Crippen LogP contribution in [0.2, 0.25) is 5.02 Å². The first-order chi connectivity index (χ1) is 9.02. The van der Waals surface area contributed by atoms with Crippen LogP contribution in [0, 0.1) is 23.0 Å². The second kappa shape index (κ2) is 5.55. The maximum absolute atomic E-state index is 14.0. The van der Waals surface area contributed by atoms with E-state index in [1.807, 2.05) is 6.07 Å². The van der Waals surface area contributed by atoms with Crippen molar-refractivity contribution in [3.63, 3.8) is 0 Å². The molecule has 0 saturated heterocycles. The molecule has 2 rings (SSSR count). The van der Waals surface area contributed by atoms with E-state index in [4.69, 9.17) is 16.9 Å². The monoisotopic (exact) mass is 342 g/mol. The van der Waals surface area contributed by atoms with Crippen molar-refractivity contribution >= 4 is 38.9 Å². The van der Waals surface area contributed by atoms with Crippen molar-refractivity contribution in [3.8, 4) is 6.07 Å². The highest BCUT2D eigenvalue weighted by Crippen LogP contribution is 2.30. The number of nitrogens with one attached hydrogen (secondary N) is 1. The lowest BCUT2D eigenvalue weighted by molar-refractivity contribution is 0.621. The number of halogens is 4. The van der Waals surface area contributed by atoms with Gasteiger partial charge < -0.3 is 5.32 Å². The predicted octanol–water partition coefficient (Wildman–Crippen LogP) is 5.00. The minimum Gasteiger partial charge on any atom is -0.351 e. The molecule has 0 unspecified atom stereocenters. The quantitative estimate of drug-likeness (QED) is 0.833. The molecule has 2 aromatic carbocycles. The van der Waals surface area contributed by atoms with Gasteiger partial charge in [0.2, 0.25) is 0 Å². The van der Waals surface area contributed by atoms with Gasteiger partial charge in [0.1, 0.15) is 11.9 Å². The SMILES string of the molecule is N#Cc1ccc(Nc2cc(Cl)ccc2F)c(F)c1Br.